The Labute approximate surface area is 369 Å². The normalized spacial score (nSPS) is 40.5. The van der Waals surface area contributed by atoms with Gasteiger partial charge in [-0.25, -0.2) is 4.79 Å². The first-order valence-corrected chi connectivity index (χ1v) is 23.4. The van der Waals surface area contributed by atoms with Crippen LogP contribution in [0.2, 0.25) is 0 Å². The summed E-state index contributed by atoms with van der Waals surface area (Å²) in [5.74, 6) is -3.55. The molecule has 7 bridgehead atoms. The lowest BCUT2D eigenvalue weighted by molar-refractivity contribution is -0.323. The number of rotatable bonds is 22. The molecule has 1 heterocycles. The molecule has 344 valence electrons. The zero-order chi connectivity index (χ0) is 44.3. The number of hydrogen-bond donors (Lipinski definition) is 3. The molecule has 1 aliphatic heterocycles. The zero-order valence-corrected chi connectivity index (χ0v) is 37.9. The van der Waals surface area contributed by atoms with E-state index in [2.05, 4.69) is 55.2 Å². The number of piperidine rings is 1. The molecule has 0 amide bonds. The van der Waals surface area contributed by atoms with Crippen molar-refractivity contribution in [3.8, 4) is 0 Å². The van der Waals surface area contributed by atoms with Crippen molar-refractivity contribution in [3.05, 3.63) is 72.4 Å². The zero-order valence-electron chi connectivity index (χ0n) is 37.9. The molecular formula is C50H73NO11. The van der Waals surface area contributed by atoms with E-state index in [1.165, 1.54) is 7.11 Å². The highest BCUT2D eigenvalue weighted by Crippen LogP contribution is 2.80. The molecular weight excluding hydrogens is 791 g/mol. The second-order valence-corrected chi connectivity index (χ2v) is 18.9. The van der Waals surface area contributed by atoms with Crippen molar-refractivity contribution in [3.63, 3.8) is 0 Å². The number of esters is 2. The minimum atomic E-state index is -1.85. The van der Waals surface area contributed by atoms with Crippen LogP contribution in [0.1, 0.15) is 101 Å². The van der Waals surface area contributed by atoms with Gasteiger partial charge in [-0.2, -0.15) is 0 Å². The van der Waals surface area contributed by atoms with Crippen molar-refractivity contribution >= 4 is 11.9 Å². The molecule has 1 aromatic carbocycles. The SMILES string of the molecule is CC/C=C\C/C=C\C/C=C\CCCCCCCC(=O)O[C@]12[C@H]3[C@@H](OC(=O)c4ccccc4)[C@](O)(C[C@H]3[C@@]34C5[C@@H]1[C@H](OC)[C@@H]3[C@](COC)(CN5CC)[C@H](O)C[C@@H]4OC)[C@@H](OC)[C@@H]2O. The molecule has 1 spiro atoms. The number of carbonyl (C=O) groups is 2. The Kier molecular flexibility index (Phi) is 14.9. The summed E-state index contributed by atoms with van der Waals surface area (Å²) < 4.78 is 38.7. The molecule has 12 nitrogen and oxygen atoms in total. The number of aliphatic hydroxyl groups is 3. The Hall–Kier alpha value is -2.94. The van der Waals surface area contributed by atoms with Gasteiger partial charge in [0.1, 0.15) is 23.9 Å². The van der Waals surface area contributed by atoms with Gasteiger partial charge in [0.05, 0.1) is 30.5 Å². The molecule has 0 radical (unpaired) electrons. The van der Waals surface area contributed by atoms with Gasteiger partial charge < -0.3 is 43.7 Å². The average Bonchev–Trinajstić information content (AvgIpc) is 3.65. The molecule has 15 atom stereocenters. The van der Waals surface area contributed by atoms with Gasteiger partial charge in [0, 0.05) is 82.5 Å². The van der Waals surface area contributed by atoms with E-state index in [1.807, 2.05) is 6.07 Å². The van der Waals surface area contributed by atoms with Crippen LogP contribution in [-0.2, 0) is 33.2 Å². The van der Waals surface area contributed by atoms with Crippen molar-refractivity contribution in [2.24, 2.45) is 34.5 Å². The number of allylic oxidation sites excluding steroid dienone is 6. The summed E-state index contributed by atoms with van der Waals surface area (Å²) >= 11 is 0. The largest absolute Gasteiger partial charge is 0.455 e. The van der Waals surface area contributed by atoms with Gasteiger partial charge in [-0.1, -0.05) is 87.8 Å². The topological polar surface area (TPSA) is 153 Å². The number of ether oxygens (including phenoxy) is 6. The van der Waals surface area contributed by atoms with Crippen LogP contribution in [0.15, 0.2) is 66.8 Å². The minimum absolute atomic E-state index is 0.0779. The number of aliphatic hydroxyl groups excluding tert-OH is 2. The number of nitrogens with zero attached hydrogens (tertiary/aromatic N) is 1. The quantitative estimate of drug-likeness (QED) is 0.0690. The first-order chi connectivity index (χ1) is 30.0. The average molecular weight is 864 g/mol. The number of unbranched alkanes of at least 4 members (excludes halogenated alkanes) is 5. The predicted molar refractivity (Wildman–Crippen MR) is 234 cm³/mol. The third-order valence-corrected chi connectivity index (χ3v) is 16.2. The Morgan fingerprint density at radius 2 is 1.53 bits per heavy atom. The van der Waals surface area contributed by atoms with Gasteiger partial charge in [0.2, 0.25) is 0 Å². The Morgan fingerprint density at radius 1 is 0.839 bits per heavy atom. The summed E-state index contributed by atoms with van der Waals surface area (Å²) in [7, 11) is 6.39. The summed E-state index contributed by atoms with van der Waals surface area (Å²) in [6, 6.07) is 8.28. The highest BCUT2D eigenvalue weighted by Gasteiger charge is 2.92. The number of methoxy groups -OCH3 is 4. The molecule has 62 heavy (non-hydrogen) atoms. The van der Waals surface area contributed by atoms with Crippen LogP contribution >= 0.6 is 0 Å². The number of fused-ring (bicyclic) bond motifs is 2. The minimum Gasteiger partial charge on any atom is -0.455 e. The first kappa shape index (κ1) is 47.0. The van der Waals surface area contributed by atoms with Crippen LogP contribution < -0.4 is 0 Å². The summed E-state index contributed by atoms with van der Waals surface area (Å²) in [4.78, 5) is 31.0. The lowest BCUT2D eigenvalue weighted by atomic mass is 9.42. The Bertz CT molecular complexity index is 1770. The van der Waals surface area contributed by atoms with Crippen LogP contribution in [0.4, 0.5) is 0 Å². The standard InChI is InChI=1S/C50H73NO11/c1-7-9-10-11-12-13-14-15-16-17-18-19-20-21-25-28-37(53)62-50-38-34(30-48(56,45(60-6)43(50)54)44(38)61-46(55)33-26-23-22-24-27-33)49-36(58-4)29-35(52)47(32-57-3)31-51(8-2)42(49)39(50)40(59-5)41(47)49/h9-10,12-13,15-16,22-24,26-27,34-36,38-45,52,54,56H,7-8,11,14,17-21,25,28-32H2,1-6H3/b10-9-,13-12-,16-15-/t34-,35-,36+,38-,39+,40+,41-,42?,43+,44-,45+,47+,48-,49+,50-/m1/s1. The fraction of sp³-hybridized carbons (Fsp3) is 0.720. The first-order valence-electron chi connectivity index (χ1n) is 23.4. The number of carbonyl (C=O) groups excluding carboxylic acids is 2. The summed E-state index contributed by atoms with van der Waals surface area (Å²) in [6.45, 7) is 5.54. The number of likely N-dealkylation sites (tertiary alicyclic amines) is 1. The summed E-state index contributed by atoms with van der Waals surface area (Å²) in [5, 5.41) is 38.4. The summed E-state index contributed by atoms with van der Waals surface area (Å²) in [6.07, 6.45) is 16.3. The summed E-state index contributed by atoms with van der Waals surface area (Å²) in [5.41, 5.74) is -4.88. The van der Waals surface area contributed by atoms with E-state index in [1.54, 1.807) is 45.6 Å². The molecule has 5 aliphatic carbocycles. The third kappa shape index (κ3) is 7.46. The second kappa shape index (κ2) is 19.7. The van der Waals surface area contributed by atoms with Gasteiger partial charge >= 0.3 is 11.9 Å². The van der Waals surface area contributed by atoms with Gasteiger partial charge in [-0.05, 0) is 69.5 Å². The van der Waals surface area contributed by atoms with E-state index in [-0.39, 0.29) is 25.5 Å². The van der Waals surface area contributed by atoms with Crippen molar-refractivity contribution in [2.75, 3.05) is 48.1 Å². The van der Waals surface area contributed by atoms with Crippen LogP contribution in [0.3, 0.4) is 0 Å². The maximum absolute atomic E-state index is 14.6. The smallest absolute Gasteiger partial charge is 0.338 e. The molecule has 6 fully saturated rings. The van der Waals surface area contributed by atoms with E-state index in [0.29, 0.717) is 31.5 Å². The molecule has 1 unspecified atom stereocenters. The fourth-order valence-electron chi connectivity index (χ4n) is 14.2. The van der Waals surface area contributed by atoms with Crippen molar-refractivity contribution < 1.29 is 53.3 Å². The van der Waals surface area contributed by atoms with Gasteiger partial charge in [0.15, 0.2) is 5.60 Å². The maximum Gasteiger partial charge on any atom is 0.338 e. The van der Waals surface area contributed by atoms with Crippen molar-refractivity contribution in [1.29, 1.82) is 0 Å². The third-order valence-electron chi connectivity index (χ3n) is 16.2. The van der Waals surface area contributed by atoms with Gasteiger partial charge in [-0.15, -0.1) is 0 Å². The fourth-order valence-corrected chi connectivity index (χ4v) is 14.2. The lowest BCUT2D eigenvalue weighted by Gasteiger charge is -2.70. The van der Waals surface area contributed by atoms with Crippen molar-refractivity contribution in [1.82, 2.24) is 4.90 Å². The highest BCUT2D eigenvalue weighted by atomic mass is 16.6. The maximum atomic E-state index is 14.6. The van der Waals surface area contributed by atoms with E-state index in [9.17, 15) is 24.9 Å². The van der Waals surface area contributed by atoms with E-state index >= 15 is 0 Å². The second-order valence-electron chi connectivity index (χ2n) is 18.9. The lowest BCUT2D eigenvalue weighted by Crippen LogP contribution is -2.81. The molecule has 0 aromatic heterocycles. The van der Waals surface area contributed by atoms with Crippen LogP contribution in [0.5, 0.6) is 0 Å². The van der Waals surface area contributed by atoms with Gasteiger partial charge in [-0.3, -0.25) is 9.69 Å². The monoisotopic (exact) mass is 864 g/mol. The number of benzene rings is 1. The van der Waals surface area contributed by atoms with E-state index in [0.717, 1.165) is 51.4 Å². The van der Waals surface area contributed by atoms with Crippen LogP contribution in [0, 0.1) is 34.5 Å². The van der Waals surface area contributed by atoms with Gasteiger partial charge in [0.25, 0.3) is 0 Å². The highest BCUT2D eigenvalue weighted by molar-refractivity contribution is 5.89. The molecule has 1 saturated heterocycles. The Morgan fingerprint density at radius 3 is 2.19 bits per heavy atom. The van der Waals surface area contributed by atoms with Crippen molar-refractivity contribution in [2.45, 2.75) is 145 Å². The predicted octanol–water partition coefficient (Wildman–Crippen LogP) is 6.22. The van der Waals surface area contributed by atoms with E-state index < -0.39 is 94.3 Å². The molecule has 5 saturated carbocycles. The van der Waals surface area contributed by atoms with Crippen LogP contribution in [0.25, 0.3) is 0 Å². The molecule has 7 rings (SSSR count). The van der Waals surface area contributed by atoms with E-state index in [4.69, 9.17) is 28.4 Å². The van der Waals surface area contributed by atoms with Crippen LogP contribution in [-0.4, -0.2) is 134 Å². The number of hydrogen-bond acceptors (Lipinski definition) is 12. The molecule has 6 aliphatic rings. The molecule has 12 heteroatoms. The molecule has 3 N–H and O–H groups in total. The Balaban J connectivity index is 1.20. The molecule has 1 aromatic rings.